The number of esters is 1. The van der Waals surface area contributed by atoms with Crippen LogP contribution in [0, 0.1) is 18.8 Å². The van der Waals surface area contributed by atoms with Crippen LogP contribution < -0.4 is 5.56 Å². The normalized spacial score (nSPS) is 21.8. The molecule has 4 rings (SSSR count). The monoisotopic (exact) mass is 363 g/mol. The first-order valence-electron chi connectivity index (χ1n) is 7.95. The van der Waals surface area contributed by atoms with E-state index in [1.54, 1.807) is 17.0 Å². The molecule has 2 aromatic rings. The molecule has 2 aliphatic rings. The van der Waals surface area contributed by atoms with Crippen molar-refractivity contribution < 1.29 is 14.3 Å². The second-order valence-electron chi connectivity index (χ2n) is 6.39. The van der Waals surface area contributed by atoms with Crippen molar-refractivity contribution in [3.8, 4) is 0 Å². The Morgan fingerprint density at radius 1 is 1.24 bits per heavy atom. The topological polar surface area (TPSA) is 81.5 Å². The summed E-state index contributed by atoms with van der Waals surface area (Å²) >= 11 is 0. The van der Waals surface area contributed by atoms with Gasteiger partial charge in [-0.05, 0) is 13.0 Å². The highest BCUT2D eigenvalue weighted by atomic mass is 35.5. The molecule has 3 heterocycles. The fourth-order valence-electron chi connectivity index (χ4n) is 3.55. The molecule has 0 spiro atoms. The van der Waals surface area contributed by atoms with Gasteiger partial charge in [0.1, 0.15) is 6.54 Å². The maximum atomic E-state index is 12.5. The molecule has 2 atom stereocenters. The average molecular weight is 364 g/mol. The Bertz CT molecular complexity index is 910. The number of ether oxygens (including phenoxy) is 1. The van der Waals surface area contributed by atoms with E-state index < -0.39 is 0 Å². The molecule has 0 aliphatic carbocycles. The number of fused-ring (bicyclic) bond motifs is 2. The molecular formula is C17H18ClN3O4. The number of hydrogen-bond donors (Lipinski definition) is 0. The molecule has 2 fully saturated rings. The van der Waals surface area contributed by atoms with Gasteiger partial charge in [-0.1, -0.05) is 18.2 Å². The predicted octanol–water partition coefficient (Wildman–Crippen LogP) is 0.758. The van der Waals surface area contributed by atoms with Gasteiger partial charge in [0.25, 0.3) is 5.56 Å². The summed E-state index contributed by atoms with van der Waals surface area (Å²) in [4.78, 5) is 38.3. The number of likely N-dealkylation sites (tertiary alicyclic amines) is 1. The second kappa shape index (κ2) is 6.48. The van der Waals surface area contributed by atoms with E-state index in [1.807, 2.05) is 19.1 Å². The Morgan fingerprint density at radius 3 is 2.68 bits per heavy atom. The highest BCUT2D eigenvalue weighted by Gasteiger charge is 2.45. The first kappa shape index (κ1) is 17.4. The van der Waals surface area contributed by atoms with Gasteiger partial charge in [-0.25, -0.2) is 4.68 Å². The number of carbonyl (C=O) groups excluding carboxylic acids is 2. The standard InChI is InChI=1S/C17H17N3O4.ClH/c1-10-12-4-2-3-5-13(12)16(22)20(18-10)8-15(21)19-6-11-9-24-17(23)14(11)7-19;/h2-5,11,14H,6-9H2,1H3;1H/t11-,14-;/m1./s1. The summed E-state index contributed by atoms with van der Waals surface area (Å²) in [5.74, 6) is -0.574. The Labute approximate surface area is 150 Å². The molecule has 0 bridgehead atoms. The number of carbonyl (C=O) groups is 2. The highest BCUT2D eigenvalue weighted by molar-refractivity contribution is 5.85. The number of nitrogens with zero attached hydrogens (tertiary/aromatic N) is 3. The molecule has 132 valence electrons. The van der Waals surface area contributed by atoms with E-state index in [-0.39, 0.29) is 48.2 Å². The van der Waals surface area contributed by atoms with Crippen molar-refractivity contribution >= 4 is 35.1 Å². The number of rotatable bonds is 2. The summed E-state index contributed by atoms with van der Waals surface area (Å²) < 4.78 is 6.22. The Balaban J connectivity index is 0.00000182. The van der Waals surface area contributed by atoms with E-state index >= 15 is 0 Å². The zero-order valence-electron chi connectivity index (χ0n) is 13.7. The van der Waals surface area contributed by atoms with Crippen molar-refractivity contribution in [2.45, 2.75) is 13.5 Å². The van der Waals surface area contributed by atoms with Crippen LogP contribution in [0.4, 0.5) is 0 Å². The van der Waals surface area contributed by atoms with Crippen LogP contribution in [0.3, 0.4) is 0 Å². The van der Waals surface area contributed by atoms with Crippen LogP contribution in [0.5, 0.6) is 0 Å². The molecule has 1 aromatic heterocycles. The molecule has 2 aliphatic heterocycles. The molecule has 8 heteroatoms. The number of halogens is 1. The minimum Gasteiger partial charge on any atom is -0.465 e. The van der Waals surface area contributed by atoms with Gasteiger partial charge in [-0.15, -0.1) is 12.4 Å². The van der Waals surface area contributed by atoms with E-state index in [4.69, 9.17) is 4.74 Å². The van der Waals surface area contributed by atoms with E-state index in [2.05, 4.69) is 5.10 Å². The van der Waals surface area contributed by atoms with Gasteiger partial charge in [0.2, 0.25) is 5.91 Å². The van der Waals surface area contributed by atoms with Crippen LogP contribution in [0.15, 0.2) is 29.1 Å². The lowest BCUT2D eigenvalue weighted by Gasteiger charge is -2.18. The Kier molecular flexibility index (Phi) is 4.51. The van der Waals surface area contributed by atoms with Crippen molar-refractivity contribution in [2.24, 2.45) is 11.8 Å². The summed E-state index contributed by atoms with van der Waals surface area (Å²) in [6.07, 6.45) is 0. The molecule has 0 unspecified atom stereocenters. The smallest absolute Gasteiger partial charge is 0.311 e. The van der Waals surface area contributed by atoms with Crippen molar-refractivity contribution in [1.82, 2.24) is 14.7 Å². The number of amides is 1. The lowest BCUT2D eigenvalue weighted by atomic mass is 10.0. The summed E-state index contributed by atoms with van der Waals surface area (Å²) in [7, 11) is 0. The molecule has 2 saturated heterocycles. The van der Waals surface area contributed by atoms with E-state index in [1.165, 1.54) is 4.68 Å². The largest absolute Gasteiger partial charge is 0.465 e. The predicted molar refractivity (Wildman–Crippen MR) is 92.5 cm³/mol. The van der Waals surface area contributed by atoms with Crippen LogP contribution in [0.25, 0.3) is 10.8 Å². The average Bonchev–Trinajstić information content (AvgIpc) is 3.15. The summed E-state index contributed by atoms with van der Waals surface area (Å²) in [6.45, 7) is 2.94. The lowest BCUT2D eigenvalue weighted by Crippen LogP contribution is -2.37. The quantitative estimate of drug-likeness (QED) is 0.736. The molecule has 0 saturated carbocycles. The van der Waals surface area contributed by atoms with Gasteiger partial charge in [-0.2, -0.15) is 5.10 Å². The third-order valence-electron chi connectivity index (χ3n) is 4.87. The highest BCUT2D eigenvalue weighted by Crippen LogP contribution is 2.30. The number of aryl methyl sites for hydroxylation is 1. The number of aromatic nitrogens is 2. The fourth-order valence-corrected chi connectivity index (χ4v) is 3.55. The van der Waals surface area contributed by atoms with Gasteiger partial charge in [0.05, 0.1) is 23.6 Å². The fraction of sp³-hybridized carbons (Fsp3) is 0.412. The molecule has 1 amide bonds. The van der Waals surface area contributed by atoms with Crippen LogP contribution >= 0.6 is 12.4 Å². The van der Waals surface area contributed by atoms with Gasteiger partial charge in [-0.3, -0.25) is 14.4 Å². The maximum absolute atomic E-state index is 12.5. The SMILES string of the molecule is Cc1nn(CC(=O)N2C[C@@H]3COC(=O)[C@@H]3C2)c(=O)c2ccccc12.Cl. The van der Waals surface area contributed by atoms with Crippen molar-refractivity contribution in [3.63, 3.8) is 0 Å². The second-order valence-corrected chi connectivity index (χ2v) is 6.39. The first-order valence-corrected chi connectivity index (χ1v) is 7.95. The van der Waals surface area contributed by atoms with Crippen molar-refractivity contribution in [3.05, 3.63) is 40.3 Å². The lowest BCUT2D eigenvalue weighted by molar-refractivity contribution is -0.142. The molecule has 25 heavy (non-hydrogen) atoms. The molecule has 0 N–H and O–H groups in total. The number of benzene rings is 1. The van der Waals surface area contributed by atoms with E-state index in [9.17, 15) is 14.4 Å². The molecular weight excluding hydrogens is 346 g/mol. The third kappa shape index (κ3) is 2.89. The van der Waals surface area contributed by atoms with E-state index in [0.717, 1.165) is 5.39 Å². The maximum Gasteiger partial charge on any atom is 0.311 e. The van der Waals surface area contributed by atoms with Crippen LogP contribution in [0.2, 0.25) is 0 Å². The number of hydrogen-bond acceptors (Lipinski definition) is 5. The van der Waals surface area contributed by atoms with Crippen molar-refractivity contribution in [1.29, 1.82) is 0 Å². The summed E-state index contributed by atoms with van der Waals surface area (Å²) in [5.41, 5.74) is 0.434. The van der Waals surface area contributed by atoms with Gasteiger partial charge in [0.15, 0.2) is 0 Å². The molecule has 1 aromatic carbocycles. The van der Waals surface area contributed by atoms with Gasteiger partial charge < -0.3 is 9.64 Å². The molecule has 7 nitrogen and oxygen atoms in total. The number of cyclic esters (lactones) is 1. The van der Waals surface area contributed by atoms with E-state index in [0.29, 0.717) is 30.8 Å². The van der Waals surface area contributed by atoms with Crippen LogP contribution in [0.1, 0.15) is 5.69 Å². The van der Waals surface area contributed by atoms with Crippen molar-refractivity contribution in [2.75, 3.05) is 19.7 Å². The minimum atomic E-state index is -0.275. The summed E-state index contributed by atoms with van der Waals surface area (Å²) in [6, 6.07) is 7.23. The van der Waals surface area contributed by atoms with Crippen LogP contribution in [-0.4, -0.2) is 46.3 Å². The Hall–Kier alpha value is -2.41. The Morgan fingerprint density at radius 2 is 1.96 bits per heavy atom. The van der Waals surface area contributed by atoms with Crippen LogP contribution in [-0.2, 0) is 20.9 Å². The minimum absolute atomic E-state index is 0. The third-order valence-corrected chi connectivity index (χ3v) is 4.87. The zero-order valence-corrected chi connectivity index (χ0v) is 14.5. The zero-order chi connectivity index (χ0) is 16.8. The summed E-state index contributed by atoms with van der Waals surface area (Å²) in [5, 5.41) is 5.62. The van der Waals surface area contributed by atoms with Gasteiger partial charge in [0, 0.05) is 24.4 Å². The first-order chi connectivity index (χ1) is 11.5. The van der Waals surface area contributed by atoms with Gasteiger partial charge >= 0.3 is 5.97 Å². The molecule has 0 radical (unpaired) electrons.